The molecule has 31 heavy (non-hydrogen) atoms. The van der Waals surface area contributed by atoms with Gasteiger partial charge in [-0.1, -0.05) is 30.3 Å². The maximum atomic E-state index is 12.7. The van der Waals surface area contributed by atoms with Crippen molar-refractivity contribution in [3.63, 3.8) is 0 Å². The van der Waals surface area contributed by atoms with Gasteiger partial charge in [-0.05, 0) is 31.5 Å². The van der Waals surface area contributed by atoms with E-state index in [0.29, 0.717) is 11.9 Å². The van der Waals surface area contributed by atoms with Crippen molar-refractivity contribution in [3.8, 4) is 5.82 Å². The number of alkyl halides is 3. The van der Waals surface area contributed by atoms with Gasteiger partial charge < -0.3 is 10.1 Å². The molecule has 0 radical (unpaired) electrons. The zero-order chi connectivity index (χ0) is 22.6. The Kier molecular flexibility index (Phi) is 6.38. The normalized spacial score (nSPS) is 12.3. The summed E-state index contributed by atoms with van der Waals surface area (Å²) >= 11 is 0. The Labute approximate surface area is 175 Å². The minimum absolute atomic E-state index is 0.0735. The molecule has 7 nitrogen and oxygen atoms in total. The second-order valence-corrected chi connectivity index (χ2v) is 6.71. The quantitative estimate of drug-likeness (QED) is 0.603. The van der Waals surface area contributed by atoms with Crippen LogP contribution in [0.3, 0.4) is 0 Å². The summed E-state index contributed by atoms with van der Waals surface area (Å²) in [5.74, 6) is -1.14. The number of hydrogen-bond acceptors (Lipinski definition) is 5. The van der Waals surface area contributed by atoms with E-state index in [1.54, 1.807) is 6.92 Å². The second-order valence-electron chi connectivity index (χ2n) is 6.71. The van der Waals surface area contributed by atoms with Crippen LogP contribution in [0.5, 0.6) is 0 Å². The Bertz CT molecular complexity index is 1060. The predicted molar refractivity (Wildman–Crippen MR) is 104 cm³/mol. The van der Waals surface area contributed by atoms with Gasteiger partial charge >= 0.3 is 12.1 Å². The highest BCUT2D eigenvalue weighted by Crippen LogP contribution is 2.28. The van der Waals surface area contributed by atoms with Crippen molar-refractivity contribution in [2.75, 3.05) is 0 Å². The summed E-state index contributed by atoms with van der Waals surface area (Å²) in [5, 5.41) is 6.68. The number of carbonyl (C=O) groups excluding carboxylic acids is 2. The molecule has 10 heteroatoms. The Morgan fingerprint density at radius 1 is 1.13 bits per heavy atom. The number of esters is 1. The number of halogens is 3. The first-order valence-corrected chi connectivity index (χ1v) is 9.27. The lowest BCUT2D eigenvalue weighted by Crippen LogP contribution is -2.35. The molecular formula is C21H19F3N4O3. The first kappa shape index (κ1) is 22.0. The van der Waals surface area contributed by atoms with Crippen molar-refractivity contribution in [2.24, 2.45) is 0 Å². The molecule has 0 aliphatic carbocycles. The van der Waals surface area contributed by atoms with Crippen LogP contribution in [0, 0.1) is 6.92 Å². The predicted octanol–water partition coefficient (Wildman–Crippen LogP) is 3.46. The molecule has 0 saturated carbocycles. The highest BCUT2D eigenvalue weighted by atomic mass is 19.4. The minimum atomic E-state index is -4.50. The molecule has 162 valence electrons. The number of nitrogens with one attached hydrogen (secondary N) is 1. The summed E-state index contributed by atoms with van der Waals surface area (Å²) in [6.07, 6.45) is -3.65. The summed E-state index contributed by atoms with van der Waals surface area (Å²) in [5.41, 5.74) is 0.394. The van der Waals surface area contributed by atoms with Crippen molar-refractivity contribution in [3.05, 3.63) is 77.2 Å². The van der Waals surface area contributed by atoms with E-state index in [1.165, 1.54) is 17.8 Å². The van der Waals surface area contributed by atoms with Gasteiger partial charge in [0.15, 0.2) is 11.9 Å². The summed E-state index contributed by atoms with van der Waals surface area (Å²) < 4.78 is 44.5. The Morgan fingerprint density at radius 2 is 1.84 bits per heavy atom. The summed E-state index contributed by atoms with van der Waals surface area (Å²) in [6.45, 7) is 3.27. The van der Waals surface area contributed by atoms with Gasteiger partial charge in [-0.3, -0.25) is 4.79 Å². The number of nitrogens with zero attached hydrogens (tertiary/aromatic N) is 3. The number of amides is 1. The molecule has 1 unspecified atom stereocenters. The van der Waals surface area contributed by atoms with E-state index in [1.807, 2.05) is 30.3 Å². The monoisotopic (exact) mass is 432 g/mol. The number of aromatic nitrogens is 3. The zero-order valence-electron chi connectivity index (χ0n) is 16.7. The van der Waals surface area contributed by atoms with Crippen LogP contribution in [0.1, 0.15) is 34.1 Å². The fraction of sp³-hybridized carbons (Fsp3) is 0.238. The number of pyridine rings is 1. The van der Waals surface area contributed by atoms with Gasteiger partial charge in [0.25, 0.3) is 5.91 Å². The molecule has 1 N–H and O–H groups in total. The second kappa shape index (κ2) is 8.99. The maximum Gasteiger partial charge on any atom is 0.417 e. The molecule has 3 aromatic rings. The van der Waals surface area contributed by atoms with E-state index in [0.717, 1.165) is 17.7 Å². The van der Waals surface area contributed by atoms with Crippen molar-refractivity contribution in [1.29, 1.82) is 0 Å². The van der Waals surface area contributed by atoms with Crippen LogP contribution in [0.2, 0.25) is 0 Å². The van der Waals surface area contributed by atoms with E-state index in [-0.39, 0.29) is 17.9 Å². The molecule has 1 atom stereocenters. The minimum Gasteiger partial charge on any atom is -0.449 e. The maximum absolute atomic E-state index is 12.7. The van der Waals surface area contributed by atoms with Gasteiger partial charge in [0.05, 0.1) is 17.5 Å². The van der Waals surface area contributed by atoms with Gasteiger partial charge in [-0.2, -0.15) is 18.3 Å². The van der Waals surface area contributed by atoms with E-state index in [9.17, 15) is 22.8 Å². The molecule has 0 bridgehead atoms. The average molecular weight is 432 g/mol. The van der Waals surface area contributed by atoms with E-state index in [4.69, 9.17) is 4.74 Å². The highest BCUT2D eigenvalue weighted by Gasteiger charge is 2.31. The van der Waals surface area contributed by atoms with E-state index < -0.39 is 29.7 Å². The summed E-state index contributed by atoms with van der Waals surface area (Å²) in [4.78, 5) is 28.4. The Morgan fingerprint density at radius 3 is 2.45 bits per heavy atom. The molecule has 2 aromatic heterocycles. The molecule has 0 spiro atoms. The zero-order valence-corrected chi connectivity index (χ0v) is 16.7. The number of ether oxygens (including phenoxy) is 1. The van der Waals surface area contributed by atoms with Gasteiger partial charge in [-0.15, -0.1) is 0 Å². The first-order chi connectivity index (χ1) is 14.7. The van der Waals surface area contributed by atoms with E-state index >= 15 is 0 Å². The van der Waals surface area contributed by atoms with Gasteiger partial charge in [-0.25, -0.2) is 14.5 Å². The fourth-order valence-corrected chi connectivity index (χ4v) is 2.73. The number of rotatable bonds is 6. The summed E-state index contributed by atoms with van der Waals surface area (Å²) in [7, 11) is 0. The third kappa shape index (κ3) is 5.27. The van der Waals surface area contributed by atoms with Crippen LogP contribution >= 0.6 is 0 Å². The lowest BCUT2D eigenvalue weighted by molar-refractivity contribution is -0.137. The van der Waals surface area contributed by atoms with Gasteiger partial charge in [0.1, 0.15) is 5.56 Å². The van der Waals surface area contributed by atoms with Crippen LogP contribution in [0.4, 0.5) is 13.2 Å². The molecule has 0 aliphatic heterocycles. The molecule has 3 rings (SSSR count). The molecule has 1 aromatic carbocycles. The smallest absolute Gasteiger partial charge is 0.417 e. The fourth-order valence-electron chi connectivity index (χ4n) is 2.73. The van der Waals surface area contributed by atoms with Gasteiger partial charge in [0, 0.05) is 12.7 Å². The lowest BCUT2D eigenvalue weighted by atomic mass is 10.2. The number of hydrogen-bond donors (Lipinski definition) is 1. The lowest BCUT2D eigenvalue weighted by Gasteiger charge is -2.13. The topological polar surface area (TPSA) is 86.1 Å². The molecule has 0 aliphatic rings. The summed E-state index contributed by atoms with van der Waals surface area (Å²) in [6, 6.07) is 11.3. The largest absolute Gasteiger partial charge is 0.449 e. The first-order valence-electron chi connectivity index (χ1n) is 9.27. The van der Waals surface area contributed by atoms with Crippen molar-refractivity contribution >= 4 is 11.9 Å². The SMILES string of the molecule is Cc1c(C(=O)OC(C)C(=O)NCc2ccccc2)cnn1-c1ccc(C(F)(F)F)cn1. The standard InChI is InChI=1S/C21H19F3N4O3/c1-13-17(12-27-28(13)18-9-8-16(11-25-18)21(22,23)24)20(30)31-14(2)19(29)26-10-15-6-4-3-5-7-15/h3-9,11-12,14H,10H2,1-2H3,(H,26,29). The van der Waals surface area contributed by atoms with Gasteiger partial charge in [0.2, 0.25) is 0 Å². The molecule has 0 fully saturated rings. The van der Waals surface area contributed by atoms with E-state index in [2.05, 4.69) is 15.4 Å². The number of benzene rings is 1. The third-order valence-corrected chi connectivity index (χ3v) is 4.48. The van der Waals surface area contributed by atoms with Crippen LogP contribution in [0.15, 0.2) is 54.9 Å². The van der Waals surface area contributed by atoms with Crippen LogP contribution in [-0.4, -0.2) is 32.7 Å². The third-order valence-electron chi connectivity index (χ3n) is 4.48. The molecule has 1 amide bonds. The van der Waals surface area contributed by atoms with Crippen LogP contribution < -0.4 is 5.32 Å². The Balaban J connectivity index is 1.64. The average Bonchev–Trinajstić information content (AvgIpc) is 3.13. The van der Waals surface area contributed by atoms with Crippen molar-refractivity contribution in [1.82, 2.24) is 20.1 Å². The highest BCUT2D eigenvalue weighted by molar-refractivity contribution is 5.93. The molecule has 0 saturated heterocycles. The van der Waals surface area contributed by atoms with Crippen LogP contribution in [0.25, 0.3) is 5.82 Å². The number of carbonyl (C=O) groups is 2. The van der Waals surface area contributed by atoms with Crippen LogP contribution in [-0.2, 0) is 22.3 Å². The van der Waals surface area contributed by atoms with Crippen molar-refractivity contribution in [2.45, 2.75) is 32.7 Å². The molecule has 2 heterocycles. The molecular weight excluding hydrogens is 413 g/mol. The Hall–Kier alpha value is -3.69. The van der Waals surface area contributed by atoms with Crippen molar-refractivity contribution < 1.29 is 27.5 Å².